The molecule has 0 spiro atoms. The fourth-order valence-corrected chi connectivity index (χ4v) is 5.73. The summed E-state index contributed by atoms with van der Waals surface area (Å²) in [5, 5.41) is 0.895. The third-order valence-corrected chi connectivity index (χ3v) is 7.28. The Morgan fingerprint density at radius 3 is 2.76 bits per heavy atom. The molecule has 0 aromatic carbocycles. The van der Waals surface area contributed by atoms with Crippen LogP contribution in [0.1, 0.15) is 6.42 Å². The molecule has 2 aromatic rings. The highest BCUT2D eigenvalue weighted by atomic mass is 32.2. The van der Waals surface area contributed by atoms with Gasteiger partial charge in [0.2, 0.25) is 5.88 Å². The van der Waals surface area contributed by atoms with E-state index in [9.17, 15) is 4.79 Å². The molecule has 0 fully saturated rings. The second-order valence-corrected chi connectivity index (χ2v) is 9.26. The van der Waals surface area contributed by atoms with Gasteiger partial charge in [0.05, 0.1) is 23.5 Å². The van der Waals surface area contributed by atoms with Crippen LogP contribution in [0.4, 0.5) is 5.82 Å². The van der Waals surface area contributed by atoms with Crippen molar-refractivity contribution in [2.75, 3.05) is 50.8 Å². The Morgan fingerprint density at radius 1 is 1.17 bits per heavy atom. The van der Waals surface area contributed by atoms with Crippen molar-refractivity contribution in [3.63, 3.8) is 0 Å². The normalized spacial score (nSPS) is 19.4. The second kappa shape index (κ2) is 8.91. The van der Waals surface area contributed by atoms with Crippen LogP contribution in [0.15, 0.2) is 34.1 Å². The van der Waals surface area contributed by atoms with Crippen LogP contribution >= 0.6 is 23.5 Å². The molecule has 2 aliphatic heterocycles. The lowest BCUT2D eigenvalue weighted by Gasteiger charge is -2.26. The monoisotopic (exact) mass is 432 g/mol. The largest absolute Gasteiger partial charge is 0.481 e. The zero-order chi connectivity index (χ0) is 20.4. The molecule has 154 valence electrons. The summed E-state index contributed by atoms with van der Waals surface area (Å²) in [7, 11) is 5.66. The van der Waals surface area contributed by atoms with E-state index in [1.165, 1.54) is 0 Å². The van der Waals surface area contributed by atoms with Gasteiger partial charge in [-0.05, 0) is 45.3 Å². The van der Waals surface area contributed by atoms with E-state index < -0.39 is 6.23 Å². The molecule has 0 saturated heterocycles. The fraction of sp³-hybridized carbons (Fsp3) is 0.450. The smallest absolute Gasteiger partial charge is 0.269 e. The number of anilines is 1. The number of hydrogen-bond acceptors (Lipinski definition) is 8. The van der Waals surface area contributed by atoms with Crippen molar-refractivity contribution in [2.45, 2.75) is 12.6 Å². The van der Waals surface area contributed by atoms with Crippen LogP contribution in [-0.4, -0.2) is 72.9 Å². The summed E-state index contributed by atoms with van der Waals surface area (Å²) in [6.45, 7) is 1.51. The maximum absolute atomic E-state index is 13.2. The predicted molar refractivity (Wildman–Crippen MR) is 118 cm³/mol. The average molecular weight is 433 g/mol. The van der Waals surface area contributed by atoms with Crippen LogP contribution in [0.5, 0.6) is 5.88 Å². The van der Waals surface area contributed by atoms with Crippen molar-refractivity contribution in [3.8, 4) is 5.88 Å². The first kappa shape index (κ1) is 20.5. The number of hydrogen-bond donors (Lipinski definition) is 0. The highest BCUT2D eigenvalue weighted by Crippen LogP contribution is 2.45. The molecule has 0 radical (unpaired) electrons. The van der Waals surface area contributed by atoms with Crippen LogP contribution in [0.2, 0.25) is 0 Å². The van der Waals surface area contributed by atoms with Crippen molar-refractivity contribution >= 4 is 46.3 Å². The number of thioether (sulfide) groups is 2. The van der Waals surface area contributed by atoms with Gasteiger partial charge in [0.15, 0.2) is 11.9 Å². The number of nitrogens with zero attached hydrogens (tertiary/aromatic N) is 4. The lowest BCUT2D eigenvalue weighted by Crippen LogP contribution is -2.38. The molecule has 29 heavy (non-hydrogen) atoms. The number of ether oxygens (including phenoxy) is 2. The lowest BCUT2D eigenvalue weighted by atomic mass is 10.3. The van der Waals surface area contributed by atoms with Gasteiger partial charge in [-0.3, -0.25) is 9.69 Å². The van der Waals surface area contributed by atoms with E-state index >= 15 is 0 Å². The first-order chi connectivity index (χ1) is 14.1. The van der Waals surface area contributed by atoms with Crippen molar-refractivity contribution in [2.24, 2.45) is 0 Å². The number of aromatic nitrogens is 2. The number of carbonyl (C=O) groups is 1. The van der Waals surface area contributed by atoms with E-state index in [2.05, 4.69) is 14.9 Å². The van der Waals surface area contributed by atoms with Crippen molar-refractivity contribution in [1.29, 1.82) is 0 Å². The molecule has 2 aromatic heterocycles. The van der Waals surface area contributed by atoms with Crippen molar-refractivity contribution < 1.29 is 14.3 Å². The Kier molecular flexibility index (Phi) is 6.29. The van der Waals surface area contributed by atoms with Gasteiger partial charge in [0.1, 0.15) is 5.82 Å². The van der Waals surface area contributed by atoms with Gasteiger partial charge in [-0.15, -0.1) is 23.5 Å². The van der Waals surface area contributed by atoms with Crippen LogP contribution < -0.4 is 9.64 Å². The molecule has 2 aliphatic rings. The van der Waals surface area contributed by atoms with E-state index in [0.717, 1.165) is 39.7 Å². The summed E-state index contributed by atoms with van der Waals surface area (Å²) in [5.41, 5.74) is 0.547. The molecule has 0 aliphatic carbocycles. The zero-order valence-electron chi connectivity index (χ0n) is 16.8. The number of pyridine rings is 2. The molecule has 0 saturated carbocycles. The summed E-state index contributed by atoms with van der Waals surface area (Å²) in [5.74, 6) is 2.92. The van der Waals surface area contributed by atoms with Crippen LogP contribution in [0, 0.1) is 0 Å². The predicted octanol–water partition coefficient (Wildman–Crippen LogP) is 2.97. The molecule has 4 rings (SSSR count). The summed E-state index contributed by atoms with van der Waals surface area (Å²) in [6.07, 6.45) is 0.476. The quantitative estimate of drug-likeness (QED) is 0.619. The average Bonchev–Trinajstić information content (AvgIpc) is 3.02. The Bertz CT molecular complexity index is 950. The number of amides is 1. The highest BCUT2D eigenvalue weighted by Gasteiger charge is 2.43. The third-order valence-electron chi connectivity index (χ3n) is 4.68. The Morgan fingerprint density at radius 2 is 1.97 bits per heavy atom. The first-order valence-electron chi connectivity index (χ1n) is 9.50. The number of carbonyl (C=O) groups excluding carboxylic acids is 1. The molecule has 1 amide bonds. The van der Waals surface area contributed by atoms with E-state index in [4.69, 9.17) is 9.47 Å². The molecule has 1 atom stereocenters. The maximum atomic E-state index is 13.2. The van der Waals surface area contributed by atoms with E-state index in [-0.39, 0.29) is 5.91 Å². The Labute approximate surface area is 178 Å². The second-order valence-electron chi connectivity index (χ2n) is 7.02. The number of methoxy groups -OCH3 is 1. The summed E-state index contributed by atoms with van der Waals surface area (Å²) in [4.78, 5) is 27.9. The maximum Gasteiger partial charge on any atom is 0.269 e. The van der Waals surface area contributed by atoms with Gasteiger partial charge in [-0.2, -0.15) is 4.98 Å². The van der Waals surface area contributed by atoms with E-state index in [0.29, 0.717) is 24.0 Å². The molecule has 9 heteroatoms. The number of fused-ring (bicyclic) bond motifs is 1. The topological polar surface area (TPSA) is 67.8 Å². The van der Waals surface area contributed by atoms with Gasteiger partial charge in [-0.1, -0.05) is 0 Å². The molecular formula is C20H24N4O3S2. The first-order valence-corrected chi connectivity index (χ1v) is 11.5. The van der Waals surface area contributed by atoms with Crippen molar-refractivity contribution in [3.05, 3.63) is 34.1 Å². The third kappa shape index (κ3) is 4.23. The van der Waals surface area contributed by atoms with Gasteiger partial charge in [0.25, 0.3) is 5.91 Å². The summed E-state index contributed by atoms with van der Waals surface area (Å²) < 4.78 is 11.4. The van der Waals surface area contributed by atoms with Crippen LogP contribution in [0.25, 0.3) is 11.0 Å². The lowest BCUT2D eigenvalue weighted by molar-refractivity contribution is -0.115. The minimum absolute atomic E-state index is 0.0374. The molecule has 0 bridgehead atoms. The number of rotatable bonds is 7. The summed E-state index contributed by atoms with van der Waals surface area (Å²) in [6, 6.07) is 7.50. The summed E-state index contributed by atoms with van der Waals surface area (Å²) >= 11 is 3.33. The van der Waals surface area contributed by atoms with E-state index in [1.54, 1.807) is 41.6 Å². The Balaban J connectivity index is 1.64. The van der Waals surface area contributed by atoms with Crippen LogP contribution in [0.3, 0.4) is 0 Å². The molecule has 4 heterocycles. The van der Waals surface area contributed by atoms with Gasteiger partial charge in [0, 0.05) is 23.0 Å². The molecular weight excluding hydrogens is 408 g/mol. The standard InChI is InChI=1S/C20H24N4O3S2/c1-23(2)9-4-10-27-20-17-16(28-11-12-29-17)19(25)24(20)14-7-5-13-6-8-15(26-3)22-18(13)21-14/h5-8,20H,4,9-12H2,1-3H3. The highest BCUT2D eigenvalue weighted by molar-refractivity contribution is 8.10. The molecule has 7 nitrogen and oxygen atoms in total. The minimum Gasteiger partial charge on any atom is -0.481 e. The molecule has 0 N–H and O–H groups in total. The zero-order valence-corrected chi connectivity index (χ0v) is 18.4. The van der Waals surface area contributed by atoms with Gasteiger partial charge in [-0.25, -0.2) is 4.98 Å². The van der Waals surface area contributed by atoms with E-state index in [1.807, 2.05) is 32.3 Å². The SMILES string of the molecule is COc1ccc2ccc(N3C(=O)C4=C(SCCS4)C3OCCCN(C)C)nc2n1. The van der Waals surface area contributed by atoms with Crippen LogP contribution in [-0.2, 0) is 9.53 Å². The Hall–Kier alpha value is -1.81. The minimum atomic E-state index is -0.423. The molecule has 1 unspecified atom stereocenters. The van der Waals surface area contributed by atoms with Crippen molar-refractivity contribution in [1.82, 2.24) is 14.9 Å². The van der Waals surface area contributed by atoms with Gasteiger partial charge >= 0.3 is 0 Å². The fourth-order valence-electron chi connectivity index (χ4n) is 3.29. The van der Waals surface area contributed by atoms with Gasteiger partial charge < -0.3 is 14.4 Å².